The molecule has 9 N–H and O–H groups in total. The lowest BCUT2D eigenvalue weighted by molar-refractivity contribution is -0.286. The largest absolute Gasteiger partial charge is 0.497 e. The van der Waals surface area contributed by atoms with Crippen molar-refractivity contribution in [3.05, 3.63) is 30.5 Å². The van der Waals surface area contributed by atoms with E-state index in [2.05, 4.69) is 60.0 Å². The molecule has 0 radical (unpaired) electrons. The third kappa shape index (κ3) is 30.4. The predicted molar refractivity (Wildman–Crippen MR) is 347 cm³/mol. The Morgan fingerprint density at radius 1 is 0.816 bits per heavy atom. The number of isocyanates is 1. The zero-order valence-corrected chi connectivity index (χ0v) is 61.4. The Morgan fingerprint density at radius 2 is 1.31 bits per heavy atom. The van der Waals surface area contributed by atoms with Gasteiger partial charge in [-0.15, -0.1) is 0 Å². The van der Waals surface area contributed by atoms with Crippen molar-refractivity contribution in [3.63, 3.8) is 0 Å². The van der Waals surface area contributed by atoms with Crippen LogP contribution in [-0.4, -0.2) is 187 Å². The molecule has 7 aliphatic rings. The molecule has 103 heavy (non-hydrogen) atoms. The Labute approximate surface area is 597 Å². The molecule has 9 rings (SSSR count). The molecule has 7 fully saturated rings. The fraction of sp³-hybridized carbons (Fsp3) is 0.719. The summed E-state index contributed by atoms with van der Waals surface area (Å²) in [5.41, 5.74) is -11.5. The van der Waals surface area contributed by atoms with Crippen molar-refractivity contribution >= 4 is 113 Å². The van der Waals surface area contributed by atoms with Gasteiger partial charge in [0.1, 0.15) is 40.9 Å². The van der Waals surface area contributed by atoms with E-state index in [1.165, 1.54) is 31.0 Å². The smallest absolute Gasteiger partial charge is 0.418 e. The lowest BCUT2D eigenvalue weighted by Crippen LogP contribution is -2.61. The highest BCUT2D eigenvalue weighted by molar-refractivity contribution is 8.12. The van der Waals surface area contributed by atoms with Crippen LogP contribution in [0.1, 0.15) is 158 Å². The number of alkyl halides is 9. The van der Waals surface area contributed by atoms with Crippen LogP contribution in [0.2, 0.25) is 0 Å². The van der Waals surface area contributed by atoms with Gasteiger partial charge in [0.15, 0.2) is 16.8 Å². The average Bonchev–Trinajstić information content (AvgIpc) is 1.59. The van der Waals surface area contributed by atoms with E-state index >= 15 is 0 Å². The number of alkyl carbamates (subject to hydrolysis) is 1. The van der Waals surface area contributed by atoms with Gasteiger partial charge in [-0.25, -0.2) is 37.9 Å². The normalized spacial score (nSPS) is 21.7. The number of fused-ring (bicyclic) bond motifs is 1. The summed E-state index contributed by atoms with van der Waals surface area (Å²) in [6.45, 7) is 13.4. The number of ether oxygens (including phenoxy) is 4. The molecule has 31 nitrogen and oxygen atoms in total. The third-order valence-corrected chi connectivity index (χ3v) is 17.9. The number of methoxy groups -OCH3 is 1. The zero-order valence-electron chi connectivity index (χ0n) is 56.7. The Hall–Kier alpha value is -6.06. The molecule has 0 unspecified atom stereocenters. The average molecular weight is 1620 g/mol. The number of ketones is 1. The van der Waals surface area contributed by atoms with E-state index in [1.54, 1.807) is 77.5 Å². The Morgan fingerprint density at radius 3 is 1.62 bits per heavy atom. The van der Waals surface area contributed by atoms with E-state index in [0.29, 0.717) is 29.8 Å². The van der Waals surface area contributed by atoms with Gasteiger partial charge in [0.05, 0.1) is 13.7 Å². The molecule has 46 heteroatoms. The van der Waals surface area contributed by atoms with Gasteiger partial charge in [-0.2, -0.15) is 73.2 Å². The number of halogens is 11. The number of Topliss-reactive ketones (excluding diaryl/α,β-unsaturated/α-hetero) is 1. The maximum absolute atomic E-state index is 14.5. The summed E-state index contributed by atoms with van der Waals surface area (Å²) in [5.74, 6) is -2.13. The van der Waals surface area contributed by atoms with Gasteiger partial charge in [0.25, 0.3) is 27.7 Å². The molecule has 5 aliphatic carbocycles. The summed E-state index contributed by atoms with van der Waals surface area (Å²) in [6.07, 6.45) is -9.28. The number of hydrogen-bond acceptors (Lipinski definition) is 23. The van der Waals surface area contributed by atoms with Gasteiger partial charge < -0.3 is 44.7 Å². The number of pyridine rings is 1. The van der Waals surface area contributed by atoms with Crippen molar-refractivity contribution in [2.75, 3.05) is 26.9 Å². The van der Waals surface area contributed by atoms with Gasteiger partial charge in [-0.1, -0.05) is 38.5 Å². The second kappa shape index (κ2) is 37.5. The maximum Gasteiger partial charge on any atom is 0.418 e. The molecule has 1 aromatic heterocycles. The lowest BCUT2D eigenvalue weighted by Gasteiger charge is -2.41. The number of carbonyl (C=O) groups is 6. The van der Waals surface area contributed by atoms with Gasteiger partial charge in [0, 0.05) is 65.4 Å². The number of rotatable bonds is 15. The molecule has 5 saturated carbocycles. The first-order valence-corrected chi connectivity index (χ1v) is 38.4. The van der Waals surface area contributed by atoms with Crippen molar-refractivity contribution in [3.8, 4) is 11.6 Å². The van der Waals surface area contributed by atoms with Crippen molar-refractivity contribution in [2.24, 2.45) is 26.0 Å². The van der Waals surface area contributed by atoms with E-state index in [0.717, 1.165) is 43.9 Å². The van der Waals surface area contributed by atoms with E-state index in [9.17, 15) is 97.2 Å². The summed E-state index contributed by atoms with van der Waals surface area (Å²) in [4.78, 5) is 88.3. The summed E-state index contributed by atoms with van der Waals surface area (Å²) in [7, 11) is -7.33. The first-order chi connectivity index (χ1) is 46.8. The van der Waals surface area contributed by atoms with E-state index in [4.69, 9.17) is 38.7 Å². The van der Waals surface area contributed by atoms with Crippen LogP contribution in [0.15, 0.2) is 34.9 Å². The quantitative estimate of drug-likeness (QED) is 0.0302. The van der Waals surface area contributed by atoms with E-state index in [1.807, 2.05) is 0 Å². The fourth-order valence-corrected chi connectivity index (χ4v) is 11.9. The second-order valence-electron chi connectivity index (χ2n) is 25.9. The van der Waals surface area contributed by atoms with Gasteiger partial charge >= 0.3 is 54.5 Å². The number of carbonyl (C=O) groups excluding carboxylic acids is 6. The molecule has 2 saturated heterocycles. The van der Waals surface area contributed by atoms with Crippen molar-refractivity contribution in [1.29, 1.82) is 0 Å². The molecule has 0 spiro atoms. The third-order valence-electron chi connectivity index (χ3n) is 15.9. The summed E-state index contributed by atoms with van der Waals surface area (Å²) in [5, 5.41) is 30.6. The van der Waals surface area contributed by atoms with E-state index < -0.39 is 152 Å². The van der Waals surface area contributed by atoms with Crippen LogP contribution in [-0.2, 0) is 85.7 Å². The van der Waals surface area contributed by atoms with Crippen LogP contribution in [0.3, 0.4) is 0 Å². The van der Waals surface area contributed by atoms with Gasteiger partial charge in [0.2, 0.25) is 17.7 Å². The van der Waals surface area contributed by atoms with Crippen LogP contribution >= 0.6 is 21.4 Å². The summed E-state index contributed by atoms with van der Waals surface area (Å²) < 4.78 is 231. The highest BCUT2D eigenvalue weighted by Gasteiger charge is 2.66. The Balaban J connectivity index is 0.000000604. The first kappa shape index (κ1) is 93.0. The minimum Gasteiger partial charge on any atom is -0.497 e. The van der Waals surface area contributed by atoms with Crippen LogP contribution in [0.25, 0.3) is 10.8 Å². The first-order valence-electron chi connectivity index (χ1n) is 30.9. The standard InChI is InChI=1S/C37H50F3N5O10S.C5H8F3NO3S.C5H7F3O.C4H8O.C4H6O.CClNO3S.CH2O2.ClH2NO2S/c1-9-22-19-36(22,31(48)44-56(50,51)55-35(14-10-15-35)37(38,39)40)43-28(46)26-18-24(53-29-25-12-11-23(52-8)17-21(25)13-16-41-29)20-45(26)30(47)27(33(2,3)4)42-32(49)54-34(5,6)7;6-5(7,8)4(2-1-3-4)12-13(9,10)11;6-5(7,8)4(9)2-1-3-4;1-2-4-5-3-1;5-4-2-1-3-4;2-7(5,6)3-1-4;2-1-3;1-5(2,3)4/h11-13,16-17,22,24,26-27H,9-10,14-15,18-20H2,1-8H3,(H,42,49)(H,43,46)(H,44,48);1-3H2,(H2,9,10,11);9H,1-3H2;1-4H2;1-3H2;;1H,(H,2,3);(H2,2,3,4)/t22-,24-,26+,27-,36-;;;;;;;/m1......./s1. The number of nitrogens with two attached hydrogens (primary N) is 2. The van der Waals surface area contributed by atoms with Crippen LogP contribution < -0.4 is 35.1 Å². The highest BCUT2D eigenvalue weighted by Crippen LogP contribution is 2.51. The number of hydrogen-bond donors (Lipinski definition) is 7. The SMILES string of the molecule is C1CCOC1.CC[C@@H]1C[C@]1(NC(=O)[C@@H]1C[C@@H](Oc2nccc3cc(OC)ccc23)CN1C(=O)[C@@H](NC(=O)OC(C)(C)C)C(C)(C)C)C(=O)NS(=O)(=O)OC1(C(F)(F)F)CCC1.NS(=O)(=O)Cl.NS(=O)(=O)OC1(C(F)(F)F)CCC1.O=C1CCC1.O=C=NS(=O)(=O)Cl.O=CO.OC1(C(F)(F)F)CCC1. The fourth-order valence-electron chi connectivity index (χ4n) is 9.89. The van der Waals surface area contributed by atoms with Crippen molar-refractivity contribution in [1.82, 2.24) is 25.2 Å². The number of nitrogens with zero attached hydrogens (tertiary/aromatic N) is 3. The minimum absolute atomic E-state index is 0.0319. The van der Waals surface area contributed by atoms with Crippen LogP contribution in [0.4, 0.5) is 44.3 Å². The molecular weight excluding hydrogens is 1530 g/mol. The monoisotopic (exact) mass is 1620 g/mol. The van der Waals surface area contributed by atoms with Crippen molar-refractivity contribution in [2.45, 2.75) is 222 Å². The summed E-state index contributed by atoms with van der Waals surface area (Å²) >= 11 is 0. The molecule has 0 bridgehead atoms. The molecule has 2 aromatic rings. The lowest BCUT2D eigenvalue weighted by atomic mass is 9.80. The number of benzene rings is 1. The Bertz CT molecular complexity index is 3730. The number of amides is 4. The molecule has 590 valence electrons. The molecular formula is C57H83Cl2F9N8O23S4. The maximum atomic E-state index is 14.5. The zero-order chi connectivity index (χ0) is 79.5. The Kier molecular flexibility index (Phi) is 33.8. The topological polar surface area (TPSA) is 469 Å². The van der Waals surface area contributed by atoms with Crippen LogP contribution in [0.5, 0.6) is 11.6 Å². The van der Waals surface area contributed by atoms with Gasteiger partial charge in [-0.3, -0.25) is 24.0 Å². The molecule has 4 amide bonds. The number of aromatic nitrogens is 1. The van der Waals surface area contributed by atoms with E-state index in [-0.39, 0.29) is 70.3 Å². The van der Waals surface area contributed by atoms with Crippen LogP contribution in [0, 0.1) is 11.3 Å². The number of aliphatic hydroxyl groups is 1. The second-order valence-corrected chi connectivity index (χ2v) is 32.8. The highest BCUT2D eigenvalue weighted by atomic mass is 35.7. The number of likely N-dealkylation sites (tertiary alicyclic amines) is 1. The molecule has 5 atom stereocenters. The predicted octanol–water partition coefficient (Wildman–Crippen LogP) is 7.31. The number of carboxylic acid groups (broad SMARTS) is 1. The molecule has 2 aliphatic heterocycles. The molecule has 1 aromatic carbocycles. The number of nitrogens with one attached hydrogen (secondary N) is 3. The minimum atomic E-state index is -5.28. The molecule has 3 heterocycles. The van der Waals surface area contributed by atoms with Crippen molar-refractivity contribution < 1.29 is 144 Å². The summed E-state index contributed by atoms with van der Waals surface area (Å²) in [6, 6.07) is 4.48. The van der Waals surface area contributed by atoms with Gasteiger partial charge in [-0.05, 0) is 145 Å².